The van der Waals surface area contributed by atoms with E-state index in [9.17, 15) is 8.78 Å². The van der Waals surface area contributed by atoms with Gasteiger partial charge in [-0.3, -0.25) is 0 Å². The van der Waals surface area contributed by atoms with Crippen LogP contribution in [0.25, 0.3) is 11.3 Å². The molecule has 1 heterocycles. The molecule has 0 aliphatic heterocycles. The van der Waals surface area contributed by atoms with Crippen LogP contribution in [0.15, 0.2) is 34.9 Å². The molecule has 0 aliphatic carbocycles. The average molecular weight is 246 g/mol. The topological polar surface area (TPSA) is 35.3 Å². The van der Waals surface area contributed by atoms with E-state index < -0.39 is 6.61 Å². The largest absolute Gasteiger partial charge is 0.435 e. The van der Waals surface area contributed by atoms with Gasteiger partial charge in [-0.1, -0.05) is 0 Å². The summed E-state index contributed by atoms with van der Waals surface area (Å²) in [5.74, 6) is 0.554. The fraction of sp³-hybridized carbons (Fsp3) is 0.100. The molecule has 0 saturated carbocycles. The van der Waals surface area contributed by atoms with Crippen LogP contribution in [0.1, 0.15) is 0 Å². The molecule has 0 bridgehead atoms. The first-order valence-electron chi connectivity index (χ1n) is 4.32. The number of nitrogens with zero attached hydrogens (tertiary/aromatic N) is 1. The summed E-state index contributed by atoms with van der Waals surface area (Å²) in [6.07, 6.45) is 1.45. The zero-order valence-corrected chi connectivity index (χ0v) is 8.62. The van der Waals surface area contributed by atoms with Crippen molar-refractivity contribution in [2.75, 3.05) is 0 Å². The van der Waals surface area contributed by atoms with Crippen LogP contribution in [0.3, 0.4) is 0 Å². The van der Waals surface area contributed by atoms with Gasteiger partial charge in [0.1, 0.15) is 5.75 Å². The number of benzene rings is 1. The van der Waals surface area contributed by atoms with Crippen LogP contribution >= 0.6 is 11.6 Å². The van der Waals surface area contributed by atoms with E-state index in [1.165, 1.54) is 18.3 Å². The molecule has 0 saturated heterocycles. The summed E-state index contributed by atoms with van der Waals surface area (Å²) in [6.45, 7) is -2.83. The Morgan fingerprint density at radius 3 is 2.44 bits per heavy atom. The van der Waals surface area contributed by atoms with Gasteiger partial charge in [0.15, 0.2) is 5.76 Å². The van der Waals surface area contributed by atoms with Crippen molar-refractivity contribution in [1.29, 1.82) is 0 Å². The number of alkyl halides is 2. The van der Waals surface area contributed by atoms with Gasteiger partial charge in [-0.05, 0) is 35.9 Å². The lowest BCUT2D eigenvalue weighted by atomic mass is 10.2. The molecule has 3 nitrogen and oxygen atoms in total. The molecular formula is C10H6ClF2NO2. The molecule has 84 valence electrons. The Bertz CT molecular complexity index is 470. The van der Waals surface area contributed by atoms with Crippen LogP contribution in [-0.4, -0.2) is 11.6 Å². The fourth-order valence-corrected chi connectivity index (χ4v) is 1.32. The van der Waals surface area contributed by atoms with E-state index in [0.717, 1.165) is 0 Å². The van der Waals surface area contributed by atoms with Crippen molar-refractivity contribution < 1.29 is 17.9 Å². The SMILES string of the molecule is FC(F)Oc1ccc(-c2cnc(Cl)o2)cc1. The van der Waals surface area contributed by atoms with Gasteiger partial charge in [-0.15, -0.1) is 0 Å². The Balaban J connectivity index is 2.19. The summed E-state index contributed by atoms with van der Waals surface area (Å²) in [4.78, 5) is 3.71. The highest BCUT2D eigenvalue weighted by atomic mass is 35.5. The van der Waals surface area contributed by atoms with Gasteiger partial charge in [-0.25, -0.2) is 4.98 Å². The first kappa shape index (κ1) is 10.9. The summed E-state index contributed by atoms with van der Waals surface area (Å²) < 4.78 is 33.0. The maximum absolute atomic E-state index is 11.9. The number of hydrogen-bond acceptors (Lipinski definition) is 3. The Hall–Kier alpha value is -1.62. The fourth-order valence-electron chi connectivity index (χ4n) is 1.19. The van der Waals surface area contributed by atoms with Crippen molar-refractivity contribution in [3.63, 3.8) is 0 Å². The van der Waals surface area contributed by atoms with Crippen molar-refractivity contribution in [2.45, 2.75) is 6.61 Å². The third-order valence-electron chi connectivity index (χ3n) is 1.84. The van der Waals surface area contributed by atoms with Crippen molar-refractivity contribution in [1.82, 2.24) is 4.98 Å². The van der Waals surface area contributed by atoms with Crippen LogP contribution in [0.5, 0.6) is 5.75 Å². The van der Waals surface area contributed by atoms with E-state index in [4.69, 9.17) is 16.0 Å². The normalized spacial score (nSPS) is 10.8. The predicted molar refractivity (Wildman–Crippen MR) is 53.6 cm³/mol. The van der Waals surface area contributed by atoms with Crippen molar-refractivity contribution in [2.24, 2.45) is 0 Å². The predicted octanol–water partition coefficient (Wildman–Crippen LogP) is 3.60. The van der Waals surface area contributed by atoms with Crippen LogP contribution in [0.2, 0.25) is 5.35 Å². The summed E-state index contributed by atoms with van der Waals surface area (Å²) in [6, 6.07) is 5.99. The van der Waals surface area contributed by atoms with E-state index in [-0.39, 0.29) is 11.1 Å². The molecule has 0 aliphatic rings. The standard InChI is InChI=1S/C10H6ClF2NO2/c11-9-14-5-8(16-9)6-1-3-7(4-2-6)15-10(12)13/h1-5,10H. The minimum atomic E-state index is -2.83. The second-order valence-electron chi connectivity index (χ2n) is 2.88. The lowest BCUT2D eigenvalue weighted by Gasteiger charge is -2.04. The lowest BCUT2D eigenvalue weighted by molar-refractivity contribution is -0.0498. The molecule has 0 atom stereocenters. The molecule has 0 fully saturated rings. The minimum Gasteiger partial charge on any atom is -0.435 e. The highest BCUT2D eigenvalue weighted by Crippen LogP contribution is 2.25. The van der Waals surface area contributed by atoms with Crippen LogP contribution < -0.4 is 4.74 Å². The number of rotatable bonds is 3. The molecule has 6 heteroatoms. The molecule has 0 amide bonds. The molecular weight excluding hydrogens is 240 g/mol. The molecule has 0 unspecified atom stereocenters. The first-order chi connectivity index (χ1) is 7.65. The Morgan fingerprint density at radius 2 is 1.94 bits per heavy atom. The number of aromatic nitrogens is 1. The van der Waals surface area contributed by atoms with Gasteiger partial charge in [-0.2, -0.15) is 8.78 Å². The smallest absolute Gasteiger partial charge is 0.387 e. The summed E-state index contributed by atoms with van der Waals surface area (Å²) in [5.41, 5.74) is 0.681. The maximum Gasteiger partial charge on any atom is 0.387 e. The van der Waals surface area contributed by atoms with Crippen LogP contribution in [-0.2, 0) is 0 Å². The Morgan fingerprint density at radius 1 is 1.25 bits per heavy atom. The second kappa shape index (κ2) is 4.49. The van der Waals surface area contributed by atoms with Crippen molar-refractivity contribution in [3.8, 4) is 17.1 Å². The molecule has 16 heavy (non-hydrogen) atoms. The van der Waals surface area contributed by atoms with E-state index in [0.29, 0.717) is 11.3 Å². The second-order valence-corrected chi connectivity index (χ2v) is 3.20. The molecule has 2 aromatic rings. The molecule has 1 aromatic carbocycles. The zero-order chi connectivity index (χ0) is 11.5. The van der Waals surface area contributed by atoms with Gasteiger partial charge in [0.05, 0.1) is 6.20 Å². The first-order valence-corrected chi connectivity index (χ1v) is 4.69. The van der Waals surface area contributed by atoms with Gasteiger partial charge in [0, 0.05) is 5.56 Å². The number of oxazole rings is 1. The third kappa shape index (κ3) is 2.49. The average Bonchev–Trinajstić information content (AvgIpc) is 2.65. The van der Waals surface area contributed by atoms with Crippen molar-refractivity contribution in [3.05, 3.63) is 35.8 Å². The van der Waals surface area contributed by atoms with E-state index in [1.807, 2.05) is 0 Å². The quantitative estimate of drug-likeness (QED) is 0.829. The van der Waals surface area contributed by atoms with Gasteiger partial charge in [0.2, 0.25) is 0 Å². The lowest BCUT2D eigenvalue weighted by Crippen LogP contribution is -2.01. The summed E-state index contributed by atoms with van der Waals surface area (Å²) in [5, 5.41) is 0.0305. The van der Waals surface area contributed by atoms with Gasteiger partial charge in [0.25, 0.3) is 5.35 Å². The summed E-state index contributed by atoms with van der Waals surface area (Å²) >= 11 is 5.51. The molecule has 0 spiro atoms. The third-order valence-corrected chi connectivity index (χ3v) is 2.02. The molecule has 0 N–H and O–H groups in total. The molecule has 1 aromatic heterocycles. The maximum atomic E-state index is 11.9. The zero-order valence-electron chi connectivity index (χ0n) is 7.86. The minimum absolute atomic E-state index is 0.0305. The van der Waals surface area contributed by atoms with Gasteiger partial charge < -0.3 is 9.15 Å². The van der Waals surface area contributed by atoms with E-state index >= 15 is 0 Å². The van der Waals surface area contributed by atoms with Crippen LogP contribution in [0.4, 0.5) is 8.78 Å². The van der Waals surface area contributed by atoms with Gasteiger partial charge >= 0.3 is 6.61 Å². The van der Waals surface area contributed by atoms with Crippen molar-refractivity contribution >= 4 is 11.6 Å². The Labute approximate surface area is 94.6 Å². The summed E-state index contributed by atoms with van der Waals surface area (Å²) in [7, 11) is 0. The van der Waals surface area contributed by atoms with E-state index in [2.05, 4.69) is 9.72 Å². The number of halogens is 3. The molecule has 0 radical (unpaired) electrons. The molecule has 2 rings (SSSR count). The van der Waals surface area contributed by atoms with Crippen LogP contribution in [0, 0.1) is 0 Å². The monoisotopic (exact) mass is 245 g/mol. The number of ether oxygens (including phenoxy) is 1. The Kier molecular flexibility index (Phi) is 3.05. The number of hydrogen-bond donors (Lipinski definition) is 0. The highest BCUT2D eigenvalue weighted by molar-refractivity contribution is 6.27. The highest BCUT2D eigenvalue weighted by Gasteiger charge is 2.07. The van der Waals surface area contributed by atoms with E-state index in [1.54, 1.807) is 12.1 Å².